The Morgan fingerprint density at radius 2 is 1.52 bits per heavy atom. The van der Waals surface area contributed by atoms with Crippen LogP contribution in [0.25, 0.3) is 0 Å². The summed E-state index contributed by atoms with van der Waals surface area (Å²) in [6.45, 7) is 13.1. The lowest BCUT2D eigenvalue weighted by Crippen LogP contribution is -2.24. The third kappa shape index (κ3) is 6.99. The molecule has 0 aliphatic heterocycles. The molecule has 0 aliphatic carbocycles. The Hall–Kier alpha value is -1.02. The van der Waals surface area contributed by atoms with E-state index in [1.165, 1.54) is 12.0 Å². The standard InChI is InChI=1S/C19H33NO/c1-18(2,3)15-19(4,5)16-9-11-17(12-10-16)21-14-8-6-7-13-20/h9-12H,6-8,13-15,20H2,1-5H3. The molecule has 2 heteroatoms. The second kappa shape index (κ2) is 7.84. The molecule has 2 N–H and O–H groups in total. The number of benzene rings is 1. The molecule has 0 unspecified atom stereocenters. The van der Waals surface area contributed by atoms with Crippen molar-refractivity contribution in [3.05, 3.63) is 29.8 Å². The molecule has 0 heterocycles. The van der Waals surface area contributed by atoms with Crippen LogP contribution in [0.1, 0.15) is 65.9 Å². The van der Waals surface area contributed by atoms with Gasteiger partial charge in [-0.3, -0.25) is 0 Å². The first-order chi connectivity index (χ1) is 9.74. The first-order valence-electron chi connectivity index (χ1n) is 8.18. The molecule has 0 amide bonds. The fourth-order valence-electron chi connectivity index (χ4n) is 3.04. The van der Waals surface area contributed by atoms with Crippen LogP contribution in [-0.2, 0) is 5.41 Å². The van der Waals surface area contributed by atoms with Crippen LogP contribution < -0.4 is 10.5 Å². The van der Waals surface area contributed by atoms with Gasteiger partial charge in [0.25, 0.3) is 0 Å². The Morgan fingerprint density at radius 1 is 0.905 bits per heavy atom. The monoisotopic (exact) mass is 291 g/mol. The van der Waals surface area contributed by atoms with Gasteiger partial charge in [-0.05, 0) is 60.8 Å². The fraction of sp³-hybridized carbons (Fsp3) is 0.684. The fourth-order valence-corrected chi connectivity index (χ4v) is 3.04. The van der Waals surface area contributed by atoms with Crippen molar-refractivity contribution in [2.24, 2.45) is 11.1 Å². The van der Waals surface area contributed by atoms with Gasteiger partial charge in [-0.15, -0.1) is 0 Å². The van der Waals surface area contributed by atoms with Gasteiger partial charge in [0, 0.05) is 0 Å². The number of hydrogen-bond acceptors (Lipinski definition) is 2. The molecule has 1 aromatic carbocycles. The maximum atomic E-state index is 5.78. The van der Waals surface area contributed by atoms with E-state index in [0.717, 1.165) is 38.2 Å². The molecule has 0 atom stereocenters. The van der Waals surface area contributed by atoms with Gasteiger partial charge in [-0.1, -0.05) is 46.8 Å². The Kier molecular flexibility index (Phi) is 6.73. The van der Waals surface area contributed by atoms with E-state index in [2.05, 4.69) is 58.9 Å². The highest BCUT2D eigenvalue weighted by Crippen LogP contribution is 2.36. The molecule has 21 heavy (non-hydrogen) atoms. The first-order valence-corrected chi connectivity index (χ1v) is 8.18. The molecule has 0 saturated heterocycles. The Morgan fingerprint density at radius 3 is 2.05 bits per heavy atom. The zero-order valence-electron chi connectivity index (χ0n) is 14.5. The van der Waals surface area contributed by atoms with Gasteiger partial charge in [-0.25, -0.2) is 0 Å². The third-order valence-electron chi connectivity index (χ3n) is 3.73. The van der Waals surface area contributed by atoms with Crippen molar-refractivity contribution in [3.63, 3.8) is 0 Å². The highest BCUT2D eigenvalue weighted by molar-refractivity contribution is 5.31. The molecule has 0 spiro atoms. The highest BCUT2D eigenvalue weighted by Gasteiger charge is 2.27. The van der Waals surface area contributed by atoms with E-state index in [1.54, 1.807) is 0 Å². The minimum Gasteiger partial charge on any atom is -0.494 e. The lowest BCUT2D eigenvalue weighted by Gasteiger charge is -2.33. The van der Waals surface area contributed by atoms with Crippen molar-refractivity contribution >= 4 is 0 Å². The summed E-state index contributed by atoms with van der Waals surface area (Å²) >= 11 is 0. The molecule has 120 valence electrons. The average molecular weight is 291 g/mol. The van der Waals surface area contributed by atoms with Gasteiger partial charge < -0.3 is 10.5 Å². The van der Waals surface area contributed by atoms with E-state index >= 15 is 0 Å². The van der Waals surface area contributed by atoms with E-state index in [-0.39, 0.29) is 5.41 Å². The summed E-state index contributed by atoms with van der Waals surface area (Å²) < 4.78 is 5.78. The van der Waals surface area contributed by atoms with Crippen molar-refractivity contribution in [1.29, 1.82) is 0 Å². The molecule has 2 nitrogen and oxygen atoms in total. The molecule has 0 aromatic heterocycles. The van der Waals surface area contributed by atoms with Gasteiger partial charge in [-0.2, -0.15) is 0 Å². The van der Waals surface area contributed by atoms with Crippen LogP contribution in [0.4, 0.5) is 0 Å². The minimum atomic E-state index is 0.192. The van der Waals surface area contributed by atoms with Crippen molar-refractivity contribution in [3.8, 4) is 5.75 Å². The van der Waals surface area contributed by atoms with Gasteiger partial charge in [0.1, 0.15) is 5.75 Å². The van der Waals surface area contributed by atoms with E-state index in [1.807, 2.05) is 0 Å². The highest BCUT2D eigenvalue weighted by atomic mass is 16.5. The second-order valence-corrected chi connectivity index (χ2v) is 7.84. The largest absolute Gasteiger partial charge is 0.494 e. The number of rotatable bonds is 8. The van der Waals surface area contributed by atoms with Crippen LogP contribution in [0, 0.1) is 5.41 Å². The summed E-state index contributed by atoms with van der Waals surface area (Å²) in [5, 5.41) is 0. The average Bonchev–Trinajstić information content (AvgIpc) is 2.36. The van der Waals surface area contributed by atoms with Gasteiger partial charge in [0.15, 0.2) is 0 Å². The Bertz CT molecular complexity index is 401. The molecule has 0 aliphatic rings. The first kappa shape index (κ1) is 18.0. The molecule has 0 bridgehead atoms. The van der Waals surface area contributed by atoms with Crippen LogP contribution in [0.2, 0.25) is 0 Å². The number of hydrogen-bond donors (Lipinski definition) is 1. The summed E-state index contributed by atoms with van der Waals surface area (Å²) in [5.74, 6) is 0.970. The predicted molar refractivity (Wildman–Crippen MR) is 91.9 cm³/mol. The van der Waals surface area contributed by atoms with Crippen molar-refractivity contribution in [2.45, 2.75) is 65.7 Å². The van der Waals surface area contributed by atoms with Crippen LogP contribution in [0.15, 0.2) is 24.3 Å². The van der Waals surface area contributed by atoms with Crippen molar-refractivity contribution in [1.82, 2.24) is 0 Å². The second-order valence-electron chi connectivity index (χ2n) is 7.84. The van der Waals surface area contributed by atoms with Gasteiger partial charge in [0.2, 0.25) is 0 Å². The smallest absolute Gasteiger partial charge is 0.119 e. The zero-order chi connectivity index (χ0) is 15.9. The molecule has 1 aromatic rings. The number of unbranched alkanes of at least 4 members (excludes halogenated alkanes) is 2. The maximum absolute atomic E-state index is 5.78. The molecular formula is C19H33NO. The Labute approximate surface area is 131 Å². The van der Waals surface area contributed by atoms with Crippen LogP contribution >= 0.6 is 0 Å². The van der Waals surface area contributed by atoms with Crippen LogP contribution in [0.3, 0.4) is 0 Å². The molecular weight excluding hydrogens is 258 g/mol. The lowest BCUT2D eigenvalue weighted by molar-refractivity contribution is 0.283. The predicted octanol–water partition coefficient (Wildman–Crippen LogP) is 4.91. The van der Waals surface area contributed by atoms with Crippen molar-refractivity contribution in [2.75, 3.05) is 13.2 Å². The maximum Gasteiger partial charge on any atom is 0.119 e. The normalized spacial score (nSPS) is 12.5. The number of nitrogens with two attached hydrogens (primary N) is 1. The zero-order valence-corrected chi connectivity index (χ0v) is 14.5. The molecule has 0 saturated carbocycles. The van der Waals surface area contributed by atoms with Gasteiger partial charge >= 0.3 is 0 Å². The topological polar surface area (TPSA) is 35.2 Å². The lowest BCUT2D eigenvalue weighted by atomic mass is 9.72. The molecule has 0 radical (unpaired) electrons. The van der Waals surface area contributed by atoms with Crippen molar-refractivity contribution < 1.29 is 4.74 Å². The summed E-state index contributed by atoms with van der Waals surface area (Å²) in [6, 6.07) is 8.62. The summed E-state index contributed by atoms with van der Waals surface area (Å²) in [5.41, 5.74) is 7.39. The quantitative estimate of drug-likeness (QED) is 0.691. The van der Waals surface area contributed by atoms with Crippen LogP contribution in [-0.4, -0.2) is 13.2 Å². The van der Waals surface area contributed by atoms with E-state index in [4.69, 9.17) is 10.5 Å². The summed E-state index contributed by atoms with van der Waals surface area (Å²) in [4.78, 5) is 0. The van der Waals surface area contributed by atoms with E-state index in [0.29, 0.717) is 5.41 Å². The summed E-state index contributed by atoms with van der Waals surface area (Å²) in [7, 11) is 0. The molecule has 0 fully saturated rings. The van der Waals surface area contributed by atoms with Gasteiger partial charge in [0.05, 0.1) is 6.61 Å². The third-order valence-corrected chi connectivity index (χ3v) is 3.73. The SMILES string of the molecule is CC(C)(C)CC(C)(C)c1ccc(OCCCCCN)cc1. The number of ether oxygens (including phenoxy) is 1. The van der Waals surface area contributed by atoms with E-state index < -0.39 is 0 Å². The Balaban J connectivity index is 2.53. The van der Waals surface area contributed by atoms with E-state index in [9.17, 15) is 0 Å². The van der Waals surface area contributed by atoms with Crippen LogP contribution in [0.5, 0.6) is 5.75 Å². The molecule has 1 rings (SSSR count). The summed E-state index contributed by atoms with van der Waals surface area (Å²) in [6.07, 6.45) is 4.48. The minimum absolute atomic E-state index is 0.192.